The summed E-state index contributed by atoms with van der Waals surface area (Å²) in [4.78, 5) is 25.2. The van der Waals surface area contributed by atoms with Crippen molar-refractivity contribution in [1.29, 1.82) is 0 Å². The molecule has 5 N–H and O–H groups in total. The maximum absolute atomic E-state index is 12.5. The number of thioether (sulfide) groups is 1. The Morgan fingerprint density at radius 1 is 1.00 bits per heavy atom. The van der Waals surface area contributed by atoms with Crippen LogP contribution in [0.2, 0.25) is 0 Å². The zero-order valence-corrected chi connectivity index (χ0v) is 19.4. The maximum Gasteiger partial charge on any atom is 0.251 e. The van der Waals surface area contributed by atoms with E-state index in [1.165, 1.54) is 0 Å². The molecule has 1 unspecified atom stereocenters. The third kappa shape index (κ3) is 4.94. The van der Waals surface area contributed by atoms with E-state index < -0.39 is 4.75 Å². The van der Waals surface area contributed by atoms with Gasteiger partial charge >= 0.3 is 0 Å². The molecule has 1 aliphatic carbocycles. The topological polar surface area (TPSA) is 96.2 Å². The van der Waals surface area contributed by atoms with Gasteiger partial charge in [0.25, 0.3) is 5.91 Å². The van der Waals surface area contributed by atoms with Gasteiger partial charge in [0.05, 0.1) is 4.75 Å². The molecule has 2 amide bonds. The van der Waals surface area contributed by atoms with E-state index in [9.17, 15) is 9.59 Å². The van der Waals surface area contributed by atoms with E-state index in [-0.39, 0.29) is 17.2 Å². The number of carbonyl (C=O) groups is 2. The second-order valence-corrected chi connectivity index (χ2v) is 10.5. The first-order valence-electron chi connectivity index (χ1n) is 11.3. The molecule has 1 aliphatic heterocycles. The lowest BCUT2D eigenvalue weighted by Gasteiger charge is -2.35. The number of hydrogen-bond donors (Lipinski definition) is 4. The minimum absolute atomic E-state index is 0.0836. The highest BCUT2D eigenvalue weighted by Gasteiger charge is 2.52. The van der Waals surface area contributed by atoms with E-state index >= 15 is 0 Å². The quantitative estimate of drug-likeness (QED) is 0.515. The van der Waals surface area contributed by atoms with Crippen molar-refractivity contribution in [3.05, 3.63) is 59.7 Å². The van der Waals surface area contributed by atoms with Crippen molar-refractivity contribution in [1.82, 2.24) is 10.6 Å². The first-order valence-corrected chi connectivity index (χ1v) is 12.1. The number of amides is 2. The molecule has 0 bridgehead atoms. The van der Waals surface area contributed by atoms with Crippen LogP contribution in [0.1, 0.15) is 48.0 Å². The van der Waals surface area contributed by atoms with Gasteiger partial charge < -0.3 is 21.7 Å². The predicted molar refractivity (Wildman–Crippen MR) is 130 cm³/mol. The highest BCUT2D eigenvalue weighted by Crippen LogP contribution is 2.56. The van der Waals surface area contributed by atoms with Gasteiger partial charge in [0.1, 0.15) is 0 Å². The summed E-state index contributed by atoms with van der Waals surface area (Å²) in [6.07, 6.45) is 5.10. The number of piperidine rings is 1. The van der Waals surface area contributed by atoms with Crippen molar-refractivity contribution < 1.29 is 9.59 Å². The fraction of sp³-hybridized carbons (Fsp3) is 0.440. The van der Waals surface area contributed by atoms with Gasteiger partial charge in [-0.2, -0.15) is 0 Å². The van der Waals surface area contributed by atoms with Crippen LogP contribution in [-0.2, 0) is 11.3 Å². The van der Waals surface area contributed by atoms with Gasteiger partial charge in [-0.1, -0.05) is 12.1 Å². The molecule has 1 atom stereocenters. The number of benzene rings is 2. The van der Waals surface area contributed by atoms with Crippen molar-refractivity contribution >= 4 is 29.3 Å². The minimum atomic E-state index is -0.501. The van der Waals surface area contributed by atoms with Crippen LogP contribution < -0.4 is 21.7 Å². The first-order chi connectivity index (χ1) is 15.4. The SMILES string of the molecule is CNC(=O)c1ccc(CNc2ccc(SC3(C(N)=O)CCC4(CCNCC4)C3)cc2)cc1. The van der Waals surface area contributed by atoms with Gasteiger partial charge in [0, 0.05) is 29.7 Å². The summed E-state index contributed by atoms with van der Waals surface area (Å²) < 4.78 is -0.501. The van der Waals surface area contributed by atoms with E-state index in [4.69, 9.17) is 5.73 Å². The molecule has 1 saturated carbocycles. The molecule has 0 radical (unpaired) electrons. The number of nitrogens with two attached hydrogens (primary N) is 1. The van der Waals surface area contributed by atoms with Crippen LogP contribution in [0.4, 0.5) is 5.69 Å². The Balaban J connectivity index is 1.36. The lowest BCUT2D eigenvalue weighted by atomic mass is 9.77. The summed E-state index contributed by atoms with van der Waals surface area (Å²) >= 11 is 1.64. The molecule has 2 fully saturated rings. The third-order valence-corrected chi connectivity index (χ3v) is 8.39. The van der Waals surface area contributed by atoms with E-state index in [0.29, 0.717) is 12.1 Å². The van der Waals surface area contributed by atoms with E-state index in [1.807, 2.05) is 36.4 Å². The fourth-order valence-corrected chi connectivity index (χ4v) is 6.38. The smallest absolute Gasteiger partial charge is 0.251 e. The number of nitrogens with one attached hydrogen (secondary N) is 3. The summed E-state index contributed by atoms with van der Waals surface area (Å²) in [6.45, 7) is 2.74. The van der Waals surface area contributed by atoms with Crippen LogP contribution in [0.15, 0.2) is 53.4 Å². The van der Waals surface area contributed by atoms with Crippen LogP contribution in [-0.4, -0.2) is 36.7 Å². The molecule has 1 spiro atoms. The third-order valence-electron chi connectivity index (χ3n) is 6.94. The van der Waals surface area contributed by atoms with Crippen molar-refractivity contribution in [2.24, 2.45) is 11.1 Å². The zero-order valence-electron chi connectivity index (χ0n) is 18.6. The van der Waals surface area contributed by atoms with Crippen LogP contribution in [0.3, 0.4) is 0 Å². The Kier molecular flexibility index (Phi) is 6.76. The molecular weight excluding hydrogens is 420 g/mol. The summed E-state index contributed by atoms with van der Waals surface area (Å²) in [5, 5.41) is 9.48. The molecule has 2 aromatic carbocycles. The Morgan fingerprint density at radius 3 is 2.31 bits per heavy atom. The van der Waals surface area contributed by atoms with Crippen molar-refractivity contribution in [2.75, 3.05) is 25.5 Å². The lowest BCUT2D eigenvalue weighted by Crippen LogP contribution is -2.42. The van der Waals surface area contributed by atoms with Crippen LogP contribution in [0.5, 0.6) is 0 Å². The molecule has 1 saturated heterocycles. The monoisotopic (exact) mass is 452 g/mol. The van der Waals surface area contributed by atoms with Gasteiger partial charge in [-0.15, -0.1) is 11.8 Å². The Morgan fingerprint density at radius 2 is 1.69 bits per heavy atom. The second kappa shape index (κ2) is 9.55. The van der Waals surface area contributed by atoms with Gasteiger partial charge in [-0.3, -0.25) is 9.59 Å². The van der Waals surface area contributed by atoms with Crippen molar-refractivity contribution in [3.8, 4) is 0 Å². The van der Waals surface area contributed by atoms with E-state index in [0.717, 1.165) is 61.3 Å². The summed E-state index contributed by atoms with van der Waals surface area (Å²) in [6, 6.07) is 15.8. The largest absolute Gasteiger partial charge is 0.381 e. The highest BCUT2D eigenvalue weighted by atomic mass is 32.2. The van der Waals surface area contributed by atoms with Crippen LogP contribution in [0, 0.1) is 5.41 Å². The van der Waals surface area contributed by atoms with Crippen molar-refractivity contribution in [2.45, 2.75) is 48.3 Å². The highest BCUT2D eigenvalue weighted by molar-refractivity contribution is 8.01. The molecule has 2 aliphatic rings. The van der Waals surface area contributed by atoms with Crippen LogP contribution >= 0.6 is 11.8 Å². The standard InChI is InChI=1S/C25H32N4O2S/c1-27-22(30)19-4-2-18(3-5-19)16-29-20-6-8-21(9-7-20)32-25(23(26)31)11-10-24(17-25)12-14-28-15-13-24/h2-9,28-29H,10-17H2,1H3,(H2,26,31)(H,27,30). The number of anilines is 1. The Hall–Kier alpha value is -2.51. The fourth-order valence-electron chi connectivity index (χ4n) is 4.97. The molecule has 1 heterocycles. The molecule has 32 heavy (non-hydrogen) atoms. The average molecular weight is 453 g/mol. The second-order valence-electron chi connectivity index (χ2n) is 9.04. The van der Waals surface area contributed by atoms with Crippen LogP contribution in [0.25, 0.3) is 0 Å². The first kappa shape index (κ1) is 22.7. The van der Waals surface area contributed by atoms with Gasteiger partial charge in [-0.05, 0) is 92.6 Å². The molecule has 2 aromatic rings. The molecule has 7 heteroatoms. The summed E-state index contributed by atoms with van der Waals surface area (Å²) in [5.74, 6) is -0.264. The normalized spacial score (nSPS) is 21.9. The van der Waals surface area contributed by atoms with Gasteiger partial charge in [0.2, 0.25) is 5.91 Å². The molecule has 4 rings (SSSR count). The van der Waals surface area contributed by atoms with Gasteiger partial charge in [0.15, 0.2) is 0 Å². The number of carbonyl (C=O) groups excluding carboxylic acids is 2. The van der Waals surface area contributed by atoms with E-state index in [1.54, 1.807) is 18.8 Å². The average Bonchev–Trinajstić information content (AvgIpc) is 3.17. The lowest BCUT2D eigenvalue weighted by molar-refractivity contribution is -0.120. The Bertz CT molecular complexity index is 955. The molecule has 6 nitrogen and oxygen atoms in total. The summed E-state index contributed by atoms with van der Waals surface area (Å²) in [7, 11) is 1.63. The molecule has 0 aromatic heterocycles. The number of rotatable bonds is 7. The Labute approximate surface area is 194 Å². The zero-order chi connectivity index (χ0) is 22.6. The van der Waals surface area contributed by atoms with Gasteiger partial charge in [-0.25, -0.2) is 0 Å². The van der Waals surface area contributed by atoms with Crippen molar-refractivity contribution in [3.63, 3.8) is 0 Å². The maximum atomic E-state index is 12.5. The minimum Gasteiger partial charge on any atom is -0.381 e. The number of hydrogen-bond acceptors (Lipinski definition) is 5. The molecular formula is C25H32N4O2S. The predicted octanol–water partition coefficient (Wildman–Crippen LogP) is 3.53. The van der Waals surface area contributed by atoms with E-state index in [2.05, 4.69) is 28.1 Å². The summed E-state index contributed by atoms with van der Waals surface area (Å²) in [5.41, 5.74) is 8.97. The molecule has 170 valence electrons. The number of primary amides is 1.